The fraction of sp³-hybridized carbons (Fsp3) is 0.273. The molecule has 3 heteroatoms. The second kappa shape index (κ2) is 3.15. The molecular formula is C11H10N2O. The summed E-state index contributed by atoms with van der Waals surface area (Å²) < 4.78 is 0. The maximum absolute atomic E-state index is 11.2. The number of aryl methyl sites for hydroxylation is 1. The van der Waals surface area contributed by atoms with Gasteiger partial charge in [0.15, 0.2) is 0 Å². The Labute approximate surface area is 82.4 Å². The van der Waals surface area contributed by atoms with Crippen LogP contribution in [0.15, 0.2) is 12.1 Å². The average Bonchev–Trinajstić information content (AvgIpc) is 2.19. The Bertz CT molecular complexity index is 443. The molecule has 0 saturated carbocycles. The Morgan fingerprint density at radius 2 is 2.21 bits per heavy atom. The van der Waals surface area contributed by atoms with E-state index < -0.39 is 0 Å². The number of carbonyl (C=O) groups excluding carboxylic acids is 1. The number of rotatable bonds is 0. The lowest BCUT2D eigenvalue weighted by Crippen LogP contribution is -2.20. The third-order valence-corrected chi connectivity index (χ3v) is 2.51. The van der Waals surface area contributed by atoms with Crippen LogP contribution in [0.4, 0.5) is 5.69 Å². The predicted molar refractivity (Wildman–Crippen MR) is 52.8 cm³/mol. The molecule has 1 aromatic carbocycles. The van der Waals surface area contributed by atoms with Gasteiger partial charge >= 0.3 is 0 Å². The van der Waals surface area contributed by atoms with Crippen LogP contribution < -0.4 is 5.32 Å². The minimum absolute atomic E-state index is 0.0377. The highest BCUT2D eigenvalue weighted by atomic mass is 16.1. The van der Waals surface area contributed by atoms with E-state index in [1.807, 2.05) is 19.1 Å². The van der Waals surface area contributed by atoms with Crippen molar-refractivity contribution in [3.8, 4) is 6.07 Å². The van der Waals surface area contributed by atoms with E-state index in [1.54, 1.807) is 0 Å². The molecule has 0 spiro atoms. The summed E-state index contributed by atoms with van der Waals surface area (Å²) in [6.45, 7) is 1.94. The number of nitriles is 1. The highest BCUT2D eigenvalue weighted by molar-refractivity contribution is 5.95. The van der Waals surface area contributed by atoms with Crippen LogP contribution in [0, 0.1) is 18.3 Å². The van der Waals surface area contributed by atoms with E-state index in [9.17, 15) is 4.79 Å². The molecule has 14 heavy (non-hydrogen) atoms. The number of nitrogens with zero attached hydrogens (tertiary/aromatic N) is 1. The molecule has 1 aromatic rings. The summed E-state index contributed by atoms with van der Waals surface area (Å²) in [6.07, 6.45) is 1.15. The highest BCUT2D eigenvalue weighted by Gasteiger charge is 2.19. The second-order valence-electron chi connectivity index (χ2n) is 3.44. The second-order valence-corrected chi connectivity index (χ2v) is 3.44. The van der Waals surface area contributed by atoms with Gasteiger partial charge in [-0.3, -0.25) is 4.79 Å². The molecule has 0 radical (unpaired) electrons. The van der Waals surface area contributed by atoms with Gasteiger partial charge in [-0.1, -0.05) is 6.07 Å². The van der Waals surface area contributed by atoms with Crippen molar-refractivity contribution >= 4 is 11.6 Å². The van der Waals surface area contributed by atoms with Crippen LogP contribution in [0.1, 0.15) is 23.1 Å². The van der Waals surface area contributed by atoms with Crippen molar-refractivity contribution in [2.45, 2.75) is 19.8 Å². The average molecular weight is 186 g/mol. The van der Waals surface area contributed by atoms with E-state index in [4.69, 9.17) is 5.26 Å². The van der Waals surface area contributed by atoms with Gasteiger partial charge in [-0.2, -0.15) is 5.26 Å². The summed E-state index contributed by atoms with van der Waals surface area (Å²) in [4.78, 5) is 11.2. The first kappa shape index (κ1) is 8.76. The molecule has 0 aromatic heterocycles. The molecule has 1 N–H and O–H groups in total. The standard InChI is InChI=1S/C11H10N2O/c1-7-2-3-8(6-12)9-4-5-10(14)13-11(7)9/h2-3H,4-5H2,1H3,(H,13,14). The number of carbonyl (C=O) groups is 1. The Balaban J connectivity index is 2.61. The largest absolute Gasteiger partial charge is 0.326 e. The summed E-state index contributed by atoms with van der Waals surface area (Å²) in [7, 11) is 0. The SMILES string of the molecule is Cc1ccc(C#N)c2c1NC(=O)CC2. The lowest BCUT2D eigenvalue weighted by molar-refractivity contribution is -0.116. The molecule has 3 nitrogen and oxygen atoms in total. The maximum Gasteiger partial charge on any atom is 0.224 e. The summed E-state index contributed by atoms with van der Waals surface area (Å²) >= 11 is 0. The first-order chi connectivity index (χ1) is 6.72. The minimum atomic E-state index is 0.0377. The molecule has 0 saturated heterocycles. The van der Waals surface area contributed by atoms with Crippen molar-refractivity contribution in [2.24, 2.45) is 0 Å². The van der Waals surface area contributed by atoms with Crippen LogP contribution in [0.3, 0.4) is 0 Å². The zero-order valence-electron chi connectivity index (χ0n) is 7.92. The molecule has 1 aliphatic heterocycles. The van der Waals surface area contributed by atoms with Gasteiger partial charge in [0.1, 0.15) is 0 Å². The molecule has 1 amide bonds. The summed E-state index contributed by atoms with van der Waals surface area (Å²) in [5, 5.41) is 11.7. The van der Waals surface area contributed by atoms with E-state index in [1.165, 1.54) is 0 Å². The van der Waals surface area contributed by atoms with Crippen molar-refractivity contribution in [1.82, 2.24) is 0 Å². The van der Waals surface area contributed by atoms with E-state index >= 15 is 0 Å². The van der Waals surface area contributed by atoms with E-state index in [2.05, 4.69) is 11.4 Å². The van der Waals surface area contributed by atoms with E-state index in [-0.39, 0.29) is 5.91 Å². The zero-order valence-corrected chi connectivity index (χ0v) is 7.92. The van der Waals surface area contributed by atoms with Gasteiger partial charge in [0.05, 0.1) is 11.6 Å². The number of amides is 1. The number of fused-ring (bicyclic) bond motifs is 1. The highest BCUT2D eigenvalue weighted by Crippen LogP contribution is 2.28. The third kappa shape index (κ3) is 1.25. The van der Waals surface area contributed by atoms with Crippen molar-refractivity contribution in [2.75, 3.05) is 5.32 Å². The molecule has 0 atom stereocenters. The Hall–Kier alpha value is -1.82. The monoisotopic (exact) mass is 186 g/mol. The Kier molecular flexibility index (Phi) is 1.97. The molecular weight excluding hydrogens is 176 g/mol. The topological polar surface area (TPSA) is 52.9 Å². The molecule has 1 heterocycles. The quantitative estimate of drug-likeness (QED) is 0.671. The summed E-state index contributed by atoms with van der Waals surface area (Å²) in [5.41, 5.74) is 3.50. The molecule has 0 bridgehead atoms. The van der Waals surface area contributed by atoms with Crippen LogP contribution in [0.25, 0.3) is 0 Å². The molecule has 0 aliphatic carbocycles. The van der Waals surface area contributed by atoms with Gasteiger partial charge in [0.25, 0.3) is 0 Å². The number of benzene rings is 1. The summed E-state index contributed by atoms with van der Waals surface area (Å²) in [6, 6.07) is 5.82. The maximum atomic E-state index is 11.2. The molecule has 0 fully saturated rings. The number of anilines is 1. The fourth-order valence-corrected chi connectivity index (χ4v) is 1.74. The van der Waals surface area contributed by atoms with Gasteiger partial charge in [-0.05, 0) is 30.5 Å². The van der Waals surface area contributed by atoms with Crippen LogP contribution in [0.2, 0.25) is 0 Å². The Morgan fingerprint density at radius 3 is 2.93 bits per heavy atom. The minimum Gasteiger partial charge on any atom is -0.326 e. The smallest absolute Gasteiger partial charge is 0.224 e. The molecule has 2 rings (SSSR count). The van der Waals surface area contributed by atoms with Gasteiger partial charge in [-0.15, -0.1) is 0 Å². The number of hydrogen-bond acceptors (Lipinski definition) is 2. The van der Waals surface area contributed by atoms with E-state index in [0.29, 0.717) is 18.4 Å². The van der Waals surface area contributed by atoms with Gasteiger partial charge in [0.2, 0.25) is 5.91 Å². The molecule has 70 valence electrons. The first-order valence-electron chi connectivity index (χ1n) is 4.55. The third-order valence-electron chi connectivity index (χ3n) is 2.51. The van der Waals surface area contributed by atoms with Crippen molar-refractivity contribution < 1.29 is 4.79 Å². The van der Waals surface area contributed by atoms with Crippen molar-refractivity contribution in [1.29, 1.82) is 5.26 Å². The van der Waals surface area contributed by atoms with Gasteiger partial charge in [-0.25, -0.2) is 0 Å². The zero-order chi connectivity index (χ0) is 10.1. The van der Waals surface area contributed by atoms with E-state index in [0.717, 1.165) is 16.8 Å². The predicted octanol–water partition coefficient (Wildman–Crippen LogP) is 1.75. The van der Waals surface area contributed by atoms with Gasteiger partial charge < -0.3 is 5.32 Å². The van der Waals surface area contributed by atoms with Crippen molar-refractivity contribution in [3.63, 3.8) is 0 Å². The fourth-order valence-electron chi connectivity index (χ4n) is 1.74. The number of hydrogen-bond donors (Lipinski definition) is 1. The summed E-state index contributed by atoms with van der Waals surface area (Å²) in [5.74, 6) is 0.0377. The van der Waals surface area contributed by atoms with Crippen LogP contribution in [0.5, 0.6) is 0 Å². The lowest BCUT2D eigenvalue weighted by Gasteiger charge is -2.19. The first-order valence-corrected chi connectivity index (χ1v) is 4.55. The number of nitrogens with one attached hydrogen (secondary N) is 1. The van der Waals surface area contributed by atoms with Crippen molar-refractivity contribution in [3.05, 3.63) is 28.8 Å². The van der Waals surface area contributed by atoms with Crippen LogP contribution in [-0.2, 0) is 11.2 Å². The lowest BCUT2D eigenvalue weighted by atomic mass is 9.95. The normalized spacial score (nSPS) is 14.1. The van der Waals surface area contributed by atoms with Gasteiger partial charge in [0, 0.05) is 12.1 Å². The molecule has 0 unspecified atom stereocenters. The Morgan fingerprint density at radius 1 is 1.43 bits per heavy atom. The van der Waals surface area contributed by atoms with Crippen LogP contribution in [-0.4, -0.2) is 5.91 Å². The van der Waals surface area contributed by atoms with Crippen LogP contribution >= 0.6 is 0 Å². The molecule has 1 aliphatic rings.